The lowest BCUT2D eigenvalue weighted by Gasteiger charge is -2.35. The molecule has 2 amide bonds. The van der Waals surface area contributed by atoms with Crippen molar-refractivity contribution >= 4 is 17.8 Å². The number of fused-ring (bicyclic) bond motifs is 1. The maximum atomic E-state index is 12.5. The van der Waals surface area contributed by atoms with Crippen LogP contribution >= 0.6 is 0 Å². The van der Waals surface area contributed by atoms with E-state index in [-0.39, 0.29) is 30.2 Å². The fourth-order valence-corrected chi connectivity index (χ4v) is 2.46. The van der Waals surface area contributed by atoms with Crippen LogP contribution in [0.1, 0.15) is 43.2 Å². The molecule has 0 aromatic carbocycles. The molecule has 1 aliphatic heterocycles. The maximum absolute atomic E-state index is 12.5. The molecule has 1 atom stereocenters. The highest BCUT2D eigenvalue weighted by atomic mass is 16.5. The second-order valence-corrected chi connectivity index (χ2v) is 5.04. The molecule has 0 fully saturated rings. The Balaban J connectivity index is 2.31. The van der Waals surface area contributed by atoms with E-state index in [9.17, 15) is 14.4 Å². The van der Waals surface area contributed by atoms with Gasteiger partial charge in [0.25, 0.3) is 11.8 Å². The van der Waals surface area contributed by atoms with Crippen LogP contribution < -0.4 is 0 Å². The number of nitrogens with zero attached hydrogens (tertiary/aromatic N) is 2. The third kappa shape index (κ3) is 2.33. The van der Waals surface area contributed by atoms with Crippen LogP contribution in [-0.4, -0.2) is 40.4 Å². The summed E-state index contributed by atoms with van der Waals surface area (Å²) in [5.41, 5.74) is 0.480. The molecule has 0 spiro atoms. The molecule has 1 unspecified atom stereocenters. The summed E-state index contributed by atoms with van der Waals surface area (Å²) < 4.78 is 6.25. The highest BCUT2D eigenvalue weighted by Gasteiger charge is 2.39. The van der Waals surface area contributed by atoms with Crippen molar-refractivity contribution in [2.24, 2.45) is 0 Å². The monoisotopic (exact) mass is 278 g/mol. The van der Waals surface area contributed by atoms with Gasteiger partial charge in [-0.3, -0.25) is 19.3 Å². The van der Waals surface area contributed by atoms with Gasteiger partial charge in [0.1, 0.15) is 11.7 Å². The van der Waals surface area contributed by atoms with Gasteiger partial charge in [-0.1, -0.05) is 0 Å². The van der Waals surface area contributed by atoms with Gasteiger partial charge in [-0.25, -0.2) is 0 Å². The fourth-order valence-electron chi connectivity index (χ4n) is 2.46. The number of carbonyl (C=O) groups excluding carboxylic acids is 3. The Morgan fingerprint density at radius 2 is 2.10 bits per heavy atom. The van der Waals surface area contributed by atoms with E-state index >= 15 is 0 Å². The number of aromatic nitrogens is 1. The molecule has 1 aliphatic rings. The summed E-state index contributed by atoms with van der Waals surface area (Å²) in [5.74, 6) is -0.915. The number of imide groups is 1. The second-order valence-electron chi connectivity index (χ2n) is 5.04. The minimum absolute atomic E-state index is 0.144. The van der Waals surface area contributed by atoms with Gasteiger partial charge in [-0.05, 0) is 32.4 Å². The summed E-state index contributed by atoms with van der Waals surface area (Å²) in [6, 6.07) is 2.68. The Hall–Kier alpha value is -2.11. The number of hydrogen-bond acceptors (Lipinski definition) is 4. The summed E-state index contributed by atoms with van der Waals surface area (Å²) in [4.78, 5) is 37.3. The number of amides is 2. The highest BCUT2D eigenvalue weighted by molar-refractivity contribution is 6.08. The lowest BCUT2D eigenvalue weighted by molar-refractivity contribution is -0.141. The van der Waals surface area contributed by atoms with Crippen LogP contribution in [-0.2, 0) is 14.3 Å². The predicted molar refractivity (Wildman–Crippen MR) is 71.0 cm³/mol. The van der Waals surface area contributed by atoms with Crippen molar-refractivity contribution in [1.29, 1.82) is 0 Å². The van der Waals surface area contributed by atoms with E-state index in [0.29, 0.717) is 12.1 Å². The largest absolute Gasteiger partial charge is 0.469 e. The zero-order chi connectivity index (χ0) is 14.9. The van der Waals surface area contributed by atoms with Gasteiger partial charge in [0.05, 0.1) is 7.11 Å². The fraction of sp³-hybridized carbons (Fsp3) is 0.500. The van der Waals surface area contributed by atoms with Crippen LogP contribution in [0.3, 0.4) is 0 Å². The Kier molecular flexibility index (Phi) is 3.92. The molecule has 108 valence electrons. The SMILES string of the molecule is COC(=O)CCC1C(=O)N(C(C)C)C(=O)c2cccn21. The molecule has 2 rings (SSSR count). The first-order valence-corrected chi connectivity index (χ1v) is 6.58. The van der Waals surface area contributed by atoms with E-state index in [2.05, 4.69) is 4.74 Å². The van der Waals surface area contributed by atoms with Crippen molar-refractivity contribution < 1.29 is 19.1 Å². The van der Waals surface area contributed by atoms with E-state index in [1.54, 1.807) is 36.7 Å². The van der Waals surface area contributed by atoms with Crippen LogP contribution in [0.5, 0.6) is 0 Å². The van der Waals surface area contributed by atoms with E-state index in [1.807, 2.05) is 0 Å². The normalized spacial score (nSPS) is 18.4. The number of rotatable bonds is 4. The zero-order valence-electron chi connectivity index (χ0n) is 11.8. The zero-order valence-corrected chi connectivity index (χ0v) is 11.8. The number of carbonyl (C=O) groups is 3. The number of hydrogen-bond donors (Lipinski definition) is 0. The van der Waals surface area contributed by atoms with E-state index < -0.39 is 6.04 Å². The van der Waals surface area contributed by atoms with Gasteiger partial charge in [0.2, 0.25) is 0 Å². The van der Waals surface area contributed by atoms with Crippen molar-refractivity contribution in [3.05, 3.63) is 24.0 Å². The highest BCUT2D eigenvalue weighted by Crippen LogP contribution is 2.28. The summed E-state index contributed by atoms with van der Waals surface area (Å²) >= 11 is 0. The number of methoxy groups -OCH3 is 1. The lowest BCUT2D eigenvalue weighted by Crippen LogP contribution is -2.50. The maximum Gasteiger partial charge on any atom is 0.305 e. The first-order chi connectivity index (χ1) is 9.47. The molecule has 0 N–H and O–H groups in total. The molecule has 0 saturated heterocycles. The van der Waals surface area contributed by atoms with Gasteiger partial charge in [0.15, 0.2) is 0 Å². The summed E-state index contributed by atoms with van der Waals surface area (Å²) in [7, 11) is 1.32. The molecule has 6 nitrogen and oxygen atoms in total. The first kappa shape index (κ1) is 14.3. The van der Waals surface area contributed by atoms with Crippen molar-refractivity contribution in [3.8, 4) is 0 Å². The molecule has 6 heteroatoms. The standard InChI is InChI=1S/C14H18N2O4/c1-9(2)16-13(18)10-5-4-8-15(10)11(14(16)19)6-7-12(17)20-3/h4-5,8-9,11H,6-7H2,1-3H3. The Bertz CT molecular complexity index is 547. The minimum Gasteiger partial charge on any atom is -0.469 e. The van der Waals surface area contributed by atoms with Crippen LogP contribution in [0.4, 0.5) is 0 Å². The lowest BCUT2D eigenvalue weighted by atomic mass is 10.0. The average molecular weight is 278 g/mol. The van der Waals surface area contributed by atoms with E-state index in [4.69, 9.17) is 0 Å². The number of esters is 1. The van der Waals surface area contributed by atoms with Crippen molar-refractivity contribution in [2.75, 3.05) is 7.11 Å². The van der Waals surface area contributed by atoms with Gasteiger partial charge >= 0.3 is 5.97 Å². The summed E-state index contributed by atoms with van der Waals surface area (Å²) in [6.45, 7) is 3.59. The third-order valence-corrected chi connectivity index (χ3v) is 3.44. The van der Waals surface area contributed by atoms with Gasteiger partial charge in [-0.15, -0.1) is 0 Å². The molecule has 1 aromatic heterocycles. The molecular weight excluding hydrogens is 260 g/mol. The van der Waals surface area contributed by atoms with Crippen molar-refractivity contribution in [3.63, 3.8) is 0 Å². The van der Waals surface area contributed by atoms with Crippen LogP contribution in [0.2, 0.25) is 0 Å². The minimum atomic E-state index is -0.529. The van der Waals surface area contributed by atoms with Crippen LogP contribution in [0, 0.1) is 0 Å². The van der Waals surface area contributed by atoms with Gasteiger partial charge < -0.3 is 9.30 Å². The molecule has 20 heavy (non-hydrogen) atoms. The molecule has 1 aromatic rings. The first-order valence-electron chi connectivity index (χ1n) is 6.58. The molecule has 2 heterocycles. The molecule has 0 bridgehead atoms. The molecule has 0 aliphatic carbocycles. The average Bonchev–Trinajstić information content (AvgIpc) is 2.87. The van der Waals surface area contributed by atoms with Crippen molar-refractivity contribution in [2.45, 2.75) is 38.8 Å². The quantitative estimate of drug-likeness (QED) is 0.616. The Morgan fingerprint density at radius 3 is 2.70 bits per heavy atom. The predicted octanol–water partition coefficient (Wildman–Crippen LogP) is 1.37. The Labute approximate surface area is 117 Å². The van der Waals surface area contributed by atoms with Gasteiger partial charge in [-0.2, -0.15) is 0 Å². The number of ether oxygens (including phenoxy) is 1. The van der Waals surface area contributed by atoms with Gasteiger partial charge in [0, 0.05) is 18.7 Å². The summed E-state index contributed by atoms with van der Waals surface area (Å²) in [5, 5.41) is 0. The third-order valence-electron chi connectivity index (χ3n) is 3.44. The van der Waals surface area contributed by atoms with E-state index in [1.165, 1.54) is 12.0 Å². The van der Waals surface area contributed by atoms with Crippen LogP contribution in [0.15, 0.2) is 18.3 Å². The molecular formula is C14H18N2O4. The van der Waals surface area contributed by atoms with E-state index in [0.717, 1.165) is 0 Å². The summed E-state index contributed by atoms with van der Waals surface area (Å²) in [6.07, 6.45) is 2.17. The molecule has 0 radical (unpaired) electrons. The smallest absolute Gasteiger partial charge is 0.305 e. The second kappa shape index (κ2) is 5.48. The molecule has 0 saturated carbocycles. The topological polar surface area (TPSA) is 68.6 Å². The van der Waals surface area contributed by atoms with Crippen LogP contribution in [0.25, 0.3) is 0 Å². The van der Waals surface area contributed by atoms with Crippen molar-refractivity contribution in [1.82, 2.24) is 9.47 Å². The Morgan fingerprint density at radius 1 is 1.40 bits per heavy atom.